The highest BCUT2D eigenvalue weighted by Gasteiger charge is 2.36. The minimum Gasteiger partial charge on any atom is -0.444 e. The molecule has 100 valence electrons. The topological polar surface area (TPSA) is 55.6 Å². The lowest BCUT2D eigenvalue weighted by Gasteiger charge is -2.39. The molecule has 5 heteroatoms. The summed E-state index contributed by atoms with van der Waals surface area (Å²) in [6.45, 7) is 6.48. The lowest BCUT2D eigenvalue weighted by molar-refractivity contribution is 0.00781. The number of alkyl halides is 1. The van der Waals surface area contributed by atoms with Gasteiger partial charge in [-0.2, -0.15) is 0 Å². The molecule has 1 amide bonds. The molecule has 1 rings (SSSR count). The molecular weight excluding hydrogens is 223 g/mol. The van der Waals surface area contributed by atoms with Crippen molar-refractivity contribution in [2.24, 2.45) is 11.1 Å². The van der Waals surface area contributed by atoms with Crippen molar-refractivity contribution in [3.05, 3.63) is 0 Å². The van der Waals surface area contributed by atoms with Gasteiger partial charge in [-0.05, 0) is 33.6 Å². The van der Waals surface area contributed by atoms with Crippen molar-refractivity contribution in [2.45, 2.75) is 39.2 Å². The Morgan fingerprint density at radius 3 is 2.29 bits per heavy atom. The van der Waals surface area contributed by atoms with E-state index in [0.29, 0.717) is 32.5 Å². The van der Waals surface area contributed by atoms with Crippen molar-refractivity contribution >= 4 is 6.09 Å². The van der Waals surface area contributed by atoms with Gasteiger partial charge in [-0.15, -0.1) is 0 Å². The summed E-state index contributed by atoms with van der Waals surface area (Å²) in [5.41, 5.74) is 4.68. The monoisotopic (exact) mass is 246 g/mol. The van der Waals surface area contributed by atoms with E-state index in [1.54, 1.807) is 4.90 Å². The minimum absolute atomic E-state index is 0.318. The zero-order chi connectivity index (χ0) is 13.1. The van der Waals surface area contributed by atoms with E-state index in [0.717, 1.165) is 0 Å². The molecule has 0 aromatic heterocycles. The molecule has 1 heterocycles. The van der Waals surface area contributed by atoms with Gasteiger partial charge in [0.15, 0.2) is 0 Å². The van der Waals surface area contributed by atoms with Crippen LogP contribution in [0.4, 0.5) is 9.18 Å². The maximum atomic E-state index is 12.9. The molecule has 1 fully saturated rings. The van der Waals surface area contributed by atoms with Gasteiger partial charge in [-0.1, -0.05) is 0 Å². The fourth-order valence-corrected chi connectivity index (χ4v) is 1.88. The molecule has 0 unspecified atom stereocenters. The Kier molecular flexibility index (Phi) is 4.36. The average Bonchev–Trinajstić information content (AvgIpc) is 2.27. The van der Waals surface area contributed by atoms with Crippen LogP contribution in [-0.4, -0.2) is 42.9 Å². The van der Waals surface area contributed by atoms with E-state index >= 15 is 0 Å². The molecule has 1 aliphatic heterocycles. The van der Waals surface area contributed by atoms with Gasteiger partial charge < -0.3 is 15.4 Å². The number of rotatable bonds is 2. The number of piperidine rings is 1. The number of carbonyl (C=O) groups is 1. The first-order chi connectivity index (χ1) is 7.82. The van der Waals surface area contributed by atoms with Crippen molar-refractivity contribution in [3.63, 3.8) is 0 Å². The number of carbonyl (C=O) groups excluding carboxylic acids is 1. The van der Waals surface area contributed by atoms with E-state index in [4.69, 9.17) is 10.5 Å². The molecule has 0 bridgehead atoms. The first-order valence-corrected chi connectivity index (χ1v) is 6.06. The van der Waals surface area contributed by atoms with Crippen LogP contribution in [0.1, 0.15) is 33.6 Å². The Morgan fingerprint density at radius 1 is 1.41 bits per heavy atom. The zero-order valence-corrected chi connectivity index (χ0v) is 11.0. The third-order valence-electron chi connectivity index (χ3n) is 3.19. The number of hydrogen-bond donors (Lipinski definition) is 1. The van der Waals surface area contributed by atoms with E-state index in [1.807, 2.05) is 20.8 Å². The lowest BCUT2D eigenvalue weighted by atomic mass is 9.80. The molecule has 1 saturated heterocycles. The number of nitrogens with zero attached hydrogens (tertiary/aromatic N) is 1. The van der Waals surface area contributed by atoms with Crippen LogP contribution in [-0.2, 0) is 4.74 Å². The fraction of sp³-hybridized carbons (Fsp3) is 0.917. The van der Waals surface area contributed by atoms with Gasteiger partial charge in [-0.3, -0.25) is 4.39 Å². The van der Waals surface area contributed by atoms with E-state index < -0.39 is 17.7 Å². The van der Waals surface area contributed by atoms with Gasteiger partial charge in [-0.25, -0.2) is 4.79 Å². The Bertz CT molecular complexity index is 262. The molecule has 0 aromatic carbocycles. The molecule has 0 aromatic rings. The van der Waals surface area contributed by atoms with Crippen molar-refractivity contribution in [2.75, 3.05) is 26.3 Å². The normalized spacial score (nSPS) is 20.2. The molecular formula is C12H23FN2O2. The van der Waals surface area contributed by atoms with Gasteiger partial charge in [0.05, 0.1) is 6.67 Å². The summed E-state index contributed by atoms with van der Waals surface area (Å²) < 4.78 is 18.2. The number of nitrogens with two attached hydrogens (primary N) is 1. The zero-order valence-electron chi connectivity index (χ0n) is 11.0. The second kappa shape index (κ2) is 5.21. The first kappa shape index (κ1) is 14.2. The predicted molar refractivity (Wildman–Crippen MR) is 64.5 cm³/mol. The predicted octanol–water partition coefficient (Wildman–Crippen LogP) is 1.93. The second-order valence-corrected chi connectivity index (χ2v) is 5.81. The van der Waals surface area contributed by atoms with Crippen molar-refractivity contribution in [3.8, 4) is 0 Å². The van der Waals surface area contributed by atoms with Crippen LogP contribution >= 0.6 is 0 Å². The molecule has 0 atom stereocenters. The van der Waals surface area contributed by atoms with E-state index in [-0.39, 0.29) is 6.09 Å². The summed E-state index contributed by atoms with van der Waals surface area (Å²) in [7, 11) is 0. The van der Waals surface area contributed by atoms with Crippen molar-refractivity contribution in [1.29, 1.82) is 0 Å². The summed E-state index contributed by atoms with van der Waals surface area (Å²) in [5, 5.41) is 0. The lowest BCUT2D eigenvalue weighted by Crippen LogP contribution is -2.48. The second-order valence-electron chi connectivity index (χ2n) is 5.81. The van der Waals surface area contributed by atoms with Crippen LogP contribution in [0, 0.1) is 5.41 Å². The van der Waals surface area contributed by atoms with E-state index in [2.05, 4.69) is 0 Å². The highest BCUT2D eigenvalue weighted by Crippen LogP contribution is 2.31. The van der Waals surface area contributed by atoms with E-state index in [1.165, 1.54) is 0 Å². The number of ether oxygens (including phenoxy) is 1. The number of likely N-dealkylation sites (tertiary alicyclic amines) is 1. The SMILES string of the molecule is CC(C)(C)OC(=O)N1CCC(CN)(CF)CC1. The van der Waals surface area contributed by atoms with Crippen molar-refractivity contribution < 1.29 is 13.9 Å². The smallest absolute Gasteiger partial charge is 0.410 e. The Morgan fingerprint density at radius 2 is 1.94 bits per heavy atom. The largest absolute Gasteiger partial charge is 0.444 e. The van der Waals surface area contributed by atoms with Crippen LogP contribution in [0.2, 0.25) is 0 Å². The molecule has 0 spiro atoms. The number of halogens is 1. The maximum absolute atomic E-state index is 12.9. The van der Waals surface area contributed by atoms with Crippen molar-refractivity contribution in [1.82, 2.24) is 4.90 Å². The third kappa shape index (κ3) is 3.84. The molecule has 0 radical (unpaired) electrons. The Hall–Kier alpha value is -0.840. The van der Waals surface area contributed by atoms with Crippen LogP contribution in [0.15, 0.2) is 0 Å². The summed E-state index contributed by atoms with van der Waals surface area (Å²) in [6, 6.07) is 0. The molecule has 0 saturated carbocycles. The standard InChI is InChI=1S/C12H23FN2O2/c1-11(2,3)17-10(16)15-6-4-12(8-13,9-14)5-7-15/h4-9,14H2,1-3H3. The summed E-state index contributed by atoms with van der Waals surface area (Å²) >= 11 is 0. The van der Waals surface area contributed by atoms with Gasteiger partial charge in [0.2, 0.25) is 0 Å². The average molecular weight is 246 g/mol. The summed E-state index contributed by atoms with van der Waals surface area (Å²) in [4.78, 5) is 13.4. The summed E-state index contributed by atoms with van der Waals surface area (Å²) in [6.07, 6.45) is 0.903. The van der Waals surface area contributed by atoms with Crippen LogP contribution in [0.3, 0.4) is 0 Å². The fourth-order valence-electron chi connectivity index (χ4n) is 1.88. The van der Waals surface area contributed by atoms with Gasteiger partial charge in [0.1, 0.15) is 5.60 Å². The molecule has 0 aliphatic carbocycles. The molecule has 17 heavy (non-hydrogen) atoms. The highest BCUT2D eigenvalue weighted by atomic mass is 19.1. The molecule has 2 N–H and O–H groups in total. The van der Waals surface area contributed by atoms with Gasteiger partial charge in [0, 0.05) is 25.0 Å². The molecule has 4 nitrogen and oxygen atoms in total. The minimum atomic E-state index is -0.487. The van der Waals surface area contributed by atoms with Gasteiger partial charge in [0.25, 0.3) is 0 Å². The van der Waals surface area contributed by atoms with Crippen LogP contribution < -0.4 is 5.73 Å². The Labute approximate surface area is 102 Å². The highest BCUT2D eigenvalue weighted by molar-refractivity contribution is 5.68. The Balaban J connectivity index is 2.49. The first-order valence-electron chi connectivity index (χ1n) is 6.06. The van der Waals surface area contributed by atoms with E-state index in [9.17, 15) is 9.18 Å². The number of hydrogen-bond acceptors (Lipinski definition) is 3. The van der Waals surface area contributed by atoms with Crippen LogP contribution in [0.5, 0.6) is 0 Å². The molecule has 1 aliphatic rings. The maximum Gasteiger partial charge on any atom is 0.410 e. The van der Waals surface area contributed by atoms with Crippen LogP contribution in [0.25, 0.3) is 0 Å². The number of amides is 1. The summed E-state index contributed by atoms with van der Waals surface area (Å²) in [5.74, 6) is 0. The quantitative estimate of drug-likeness (QED) is 0.810. The van der Waals surface area contributed by atoms with Gasteiger partial charge >= 0.3 is 6.09 Å². The third-order valence-corrected chi connectivity index (χ3v) is 3.19.